The first-order valence-corrected chi connectivity index (χ1v) is 8.46. The maximum atomic E-state index is 11.6. The number of morpholine rings is 1. The van der Waals surface area contributed by atoms with Gasteiger partial charge in [0, 0.05) is 25.2 Å². The molecular weight excluding hydrogens is 352 g/mol. The minimum absolute atomic E-state index is 0.00645. The van der Waals surface area contributed by atoms with Crippen LogP contribution in [0.25, 0.3) is 23.0 Å². The quantitative estimate of drug-likeness (QED) is 0.591. The van der Waals surface area contributed by atoms with Crippen molar-refractivity contribution in [2.75, 3.05) is 32.0 Å². The zero-order valence-corrected chi connectivity index (χ0v) is 14.4. The number of aromatic nitrogens is 4. The number of nitrogens with zero attached hydrogens (tertiary/aromatic N) is 3. The lowest BCUT2D eigenvalue weighted by Gasteiger charge is -2.26. The van der Waals surface area contributed by atoms with Crippen molar-refractivity contribution in [1.29, 1.82) is 0 Å². The van der Waals surface area contributed by atoms with Crippen molar-refractivity contribution in [2.24, 2.45) is 0 Å². The van der Waals surface area contributed by atoms with E-state index >= 15 is 0 Å². The fourth-order valence-electron chi connectivity index (χ4n) is 2.93. The number of hydrogen-bond donors (Lipinski definition) is 3. The lowest BCUT2D eigenvalue weighted by molar-refractivity contribution is 0.0342. The molecule has 10 nitrogen and oxygen atoms in total. The Labute approximate surface area is 153 Å². The Balaban J connectivity index is 1.61. The number of hydrogen-bond acceptors (Lipinski definition) is 8. The van der Waals surface area contributed by atoms with Gasteiger partial charge in [-0.3, -0.25) is 14.7 Å². The Morgan fingerprint density at radius 2 is 2.00 bits per heavy atom. The molecule has 140 valence electrons. The lowest BCUT2D eigenvalue weighted by atomic mass is 10.1. The predicted octanol–water partition coefficient (Wildman–Crippen LogP) is 0.195. The summed E-state index contributed by atoms with van der Waals surface area (Å²) in [5.41, 5.74) is 6.00. The molecule has 4 N–H and O–H groups in total. The van der Waals surface area contributed by atoms with Gasteiger partial charge in [-0.2, -0.15) is 4.98 Å². The molecule has 1 aliphatic rings. The molecular formula is C17H18N6O4. The van der Waals surface area contributed by atoms with Crippen molar-refractivity contribution in [3.8, 4) is 23.0 Å². The second-order valence-electron chi connectivity index (χ2n) is 6.21. The number of nitrogens with two attached hydrogens (primary N) is 1. The van der Waals surface area contributed by atoms with Crippen LogP contribution in [0.15, 0.2) is 38.4 Å². The number of benzene rings is 1. The summed E-state index contributed by atoms with van der Waals surface area (Å²) < 4.78 is 10.6. The zero-order chi connectivity index (χ0) is 18.8. The first kappa shape index (κ1) is 17.2. The second kappa shape index (κ2) is 7.17. The predicted molar refractivity (Wildman–Crippen MR) is 96.9 cm³/mol. The van der Waals surface area contributed by atoms with E-state index in [9.17, 15) is 9.59 Å². The number of H-pyrrole nitrogens is 2. The SMILES string of the molecule is Nc1c(-c2nc(-c3cccc(CN4CCOCC4)c3)no2)[nH]c(=O)[nH]c1=O. The molecule has 4 rings (SSSR count). The van der Waals surface area contributed by atoms with Gasteiger partial charge in [0.1, 0.15) is 11.4 Å². The van der Waals surface area contributed by atoms with Gasteiger partial charge >= 0.3 is 5.69 Å². The molecule has 10 heteroatoms. The Kier molecular flexibility index (Phi) is 4.57. The molecule has 1 saturated heterocycles. The van der Waals surface area contributed by atoms with E-state index in [0.29, 0.717) is 5.82 Å². The van der Waals surface area contributed by atoms with Crippen LogP contribution in [0.2, 0.25) is 0 Å². The molecule has 0 amide bonds. The number of ether oxygens (including phenoxy) is 1. The number of rotatable bonds is 4. The molecule has 0 unspecified atom stereocenters. The summed E-state index contributed by atoms with van der Waals surface area (Å²) in [6.07, 6.45) is 0. The fraction of sp³-hybridized carbons (Fsp3) is 0.294. The van der Waals surface area contributed by atoms with Crippen LogP contribution in [-0.2, 0) is 11.3 Å². The van der Waals surface area contributed by atoms with E-state index < -0.39 is 11.2 Å². The van der Waals surface area contributed by atoms with E-state index in [1.807, 2.05) is 29.2 Å². The maximum absolute atomic E-state index is 11.6. The van der Waals surface area contributed by atoms with Gasteiger partial charge in [0.2, 0.25) is 5.82 Å². The highest BCUT2D eigenvalue weighted by atomic mass is 16.5. The van der Waals surface area contributed by atoms with Crippen LogP contribution < -0.4 is 17.0 Å². The molecule has 1 aromatic carbocycles. The topological polar surface area (TPSA) is 143 Å². The zero-order valence-electron chi connectivity index (χ0n) is 14.4. The van der Waals surface area contributed by atoms with Crippen molar-refractivity contribution in [1.82, 2.24) is 25.0 Å². The minimum atomic E-state index is -0.707. The molecule has 27 heavy (non-hydrogen) atoms. The fourth-order valence-corrected chi connectivity index (χ4v) is 2.93. The van der Waals surface area contributed by atoms with Crippen molar-refractivity contribution in [3.05, 3.63) is 50.7 Å². The van der Waals surface area contributed by atoms with Crippen molar-refractivity contribution >= 4 is 5.69 Å². The molecule has 3 heterocycles. The van der Waals surface area contributed by atoms with E-state index in [0.717, 1.165) is 44.0 Å². The summed E-state index contributed by atoms with van der Waals surface area (Å²) in [7, 11) is 0. The van der Waals surface area contributed by atoms with Crippen LogP contribution in [0.3, 0.4) is 0 Å². The summed E-state index contributed by atoms with van der Waals surface area (Å²) in [6, 6.07) is 7.80. The molecule has 0 saturated carbocycles. The highest BCUT2D eigenvalue weighted by Crippen LogP contribution is 2.23. The van der Waals surface area contributed by atoms with Gasteiger partial charge in [0.25, 0.3) is 11.4 Å². The second-order valence-corrected chi connectivity index (χ2v) is 6.21. The molecule has 1 fully saturated rings. The average Bonchev–Trinajstić information content (AvgIpc) is 3.16. The number of aromatic amines is 2. The standard InChI is InChI=1S/C17H18N6O4/c18-12-13(19-17(25)21-15(12)24)16-20-14(22-27-16)11-3-1-2-10(8-11)9-23-4-6-26-7-5-23/h1-3,8H,4-7,9,18H2,(H2,19,21,24,25). The van der Waals surface area contributed by atoms with Gasteiger partial charge in [0.05, 0.1) is 13.2 Å². The van der Waals surface area contributed by atoms with E-state index in [1.165, 1.54) is 0 Å². The third-order valence-electron chi connectivity index (χ3n) is 4.31. The number of nitrogen functional groups attached to an aromatic ring is 1. The van der Waals surface area contributed by atoms with Gasteiger partial charge in [-0.1, -0.05) is 23.4 Å². The highest BCUT2D eigenvalue weighted by Gasteiger charge is 2.17. The van der Waals surface area contributed by atoms with Gasteiger partial charge < -0.3 is 20.0 Å². The molecule has 0 aliphatic carbocycles. The van der Waals surface area contributed by atoms with Crippen LogP contribution in [0.1, 0.15) is 5.56 Å². The van der Waals surface area contributed by atoms with Gasteiger partial charge in [-0.15, -0.1) is 0 Å². The third-order valence-corrected chi connectivity index (χ3v) is 4.31. The van der Waals surface area contributed by atoms with Gasteiger partial charge in [0.15, 0.2) is 0 Å². The van der Waals surface area contributed by atoms with Crippen LogP contribution in [-0.4, -0.2) is 51.3 Å². The summed E-state index contributed by atoms with van der Waals surface area (Å²) in [5.74, 6) is 0.318. The smallest absolute Gasteiger partial charge is 0.326 e. The van der Waals surface area contributed by atoms with Crippen molar-refractivity contribution < 1.29 is 9.26 Å². The maximum Gasteiger partial charge on any atom is 0.326 e. The van der Waals surface area contributed by atoms with Gasteiger partial charge in [-0.05, 0) is 11.6 Å². The lowest BCUT2D eigenvalue weighted by Crippen LogP contribution is -2.35. The van der Waals surface area contributed by atoms with Crippen LogP contribution in [0.4, 0.5) is 5.69 Å². The molecule has 0 atom stereocenters. The van der Waals surface area contributed by atoms with Crippen LogP contribution >= 0.6 is 0 Å². The Morgan fingerprint density at radius 1 is 1.19 bits per heavy atom. The largest absolute Gasteiger partial charge is 0.392 e. The normalized spacial score (nSPS) is 15.1. The number of nitrogens with one attached hydrogen (secondary N) is 2. The molecule has 3 aromatic rings. The van der Waals surface area contributed by atoms with Crippen molar-refractivity contribution in [2.45, 2.75) is 6.54 Å². The van der Waals surface area contributed by atoms with Crippen LogP contribution in [0, 0.1) is 0 Å². The first-order valence-electron chi connectivity index (χ1n) is 8.46. The monoisotopic (exact) mass is 370 g/mol. The average molecular weight is 370 g/mol. The molecule has 0 bridgehead atoms. The third kappa shape index (κ3) is 3.66. The van der Waals surface area contributed by atoms with E-state index in [-0.39, 0.29) is 17.3 Å². The van der Waals surface area contributed by atoms with Crippen LogP contribution in [0.5, 0.6) is 0 Å². The Morgan fingerprint density at radius 3 is 2.81 bits per heavy atom. The number of anilines is 1. The highest BCUT2D eigenvalue weighted by molar-refractivity contribution is 5.66. The van der Waals surface area contributed by atoms with E-state index in [2.05, 4.69) is 20.0 Å². The Bertz CT molecular complexity index is 1060. The summed E-state index contributed by atoms with van der Waals surface area (Å²) in [5, 5.41) is 3.94. The summed E-state index contributed by atoms with van der Waals surface area (Å²) in [4.78, 5) is 34.1. The molecule has 2 aromatic heterocycles. The van der Waals surface area contributed by atoms with Gasteiger partial charge in [-0.25, -0.2) is 4.79 Å². The van der Waals surface area contributed by atoms with E-state index in [4.69, 9.17) is 15.0 Å². The Hall–Kier alpha value is -3.24. The van der Waals surface area contributed by atoms with E-state index in [1.54, 1.807) is 0 Å². The molecule has 0 spiro atoms. The first-order chi connectivity index (χ1) is 13.1. The molecule has 0 radical (unpaired) electrons. The minimum Gasteiger partial charge on any atom is -0.392 e. The van der Waals surface area contributed by atoms with Crippen molar-refractivity contribution in [3.63, 3.8) is 0 Å². The summed E-state index contributed by atoms with van der Waals surface area (Å²) >= 11 is 0. The molecule has 1 aliphatic heterocycles. The summed E-state index contributed by atoms with van der Waals surface area (Å²) in [6.45, 7) is 4.07.